The Morgan fingerprint density at radius 3 is 2.66 bits per heavy atom. The number of sulfonamides is 1. The molecule has 1 aliphatic carbocycles. The van der Waals surface area contributed by atoms with Gasteiger partial charge in [-0.05, 0) is 19.3 Å². The highest BCUT2D eigenvalue weighted by atomic mass is 32.2. The van der Waals surface area contributed by atoms with Crippen LogP contribution in [-0.4, -0.2) is 30.8 Å². The molecule has 4 rings (SSSR count). The van der Waals surface area contributed by atoms with Gasteiger partial charge >= 0.3 is 0 Å². The average Bonchev–Trinajstić information content (AvgIpc) is 3.26. The van der Waals surface area contributed by atoms with E-state index in [0.29, 0.717) is 18.4 Å². The molecule has 1 saturated carbocycles. The highest BCUT2D eigenvalue weighted by Crippen LogP contribution is 2.38. The van der Waals surface area contributed by atoms with Crippen LogP contribution in [0, 0.1) is 5.92 Å². The molecule has 170 valence electrons. The molecule has 1 unspecified atom stereocenters. The van der Waals surface area contributed by atoms with E-state index in [9.17, 15) is 8.42 Å². The summed E-state index contributed by atoms with van der Waals surface area (Å²) in [4.78, 5) is 12.8. The summed E-state index contributed by atoms with van der Waals surface area (Å²) in [5.74, 6) is 1.34. The molecule has 1 fully saturated rings. The van der Waals surface area contributed by atoms with Crippen molar-refractivity contribution in [2.24, 2.45) is 16.0 Å². The lowest BCUT2D eigenvalue weighted by Gasteiger charge is -2.28. The number of para-hydroxylation sites is 1. The molecule has 0 spiro atoms. The van der Waals surface area contributed by atoms with Gasteiger partial charge in [-0.25, -0.2) is 18.5 Å². The number of nitrogens with two attached hydrogens (primary N) is 1. The number of benzene rings is 1. The monoisotopic (exact) mass is 455 g/mol. The van der Waals surface area contributed by atoms with Crippen molar-refractivity contribution in [2.75, 3.05) is 0 Å². The zero-order valence-electron chi connectivity index (χ0n) is 18.4. The fourth-order valence-corrected chi connectivity index (χ4v) is 5.22. The predicted octanol–water partition coefficient (Wildman–Crippen LogP) is 3.69. The van der Waals surface area contributed by atoms with Crippen LogP contribution < -0.4 is 14.9 Å². The number of hydrogen-bond donors (Lipinski definition) is 2. The number of aliphatic imine (C=N–C) groups is 1. The number of aromatic nitrogens is 2. The van der Waals surface area contributed by atoms with Crippen molar-refractivity contribution in [1.82, 2.24) is 19.8 Å². The summed E-state index contributed by atoms with van der Waals surface area (Å²) in [6.45, 7) is 2.89. The van der Waals surface area contributed by atoms with Crippen molar-refractivity contribution in [2.45, 2.75) is 58.0 Å². The van der Waals surface area contributed by atoms with Crippen LogP contribution in [0.25, 0.3) is 0 Å². The van der Waals surface area contributed by atoms with Crippen LogP contribution in [0.3, 0.4) is 0 Å². The average molecular weight is 456 g/mol. The van der Waals surface area contributed by atoms with Gasteiger partial charge in [0.2, 0.25) is 11.4 Å². The zero-order chi connectivity index (χ0) is 22.6. The number of primary sulfonamides is 1. The van der Waals surface area contributed by atoms with Gasteiger partial charge < -0.3 is 5.32 Å². The van der Waals surface area contributed by atoms with E-state index in [0.717, 1.165) is 17.2 Å². The highest BCUT2D eigenvalue weighted by Gasteiger charge is 2.41. The second-order valence-electron chi connectivity index (χ2n) is 8.75. The largest absolute Gasteiger partial charge is 0.310 e. The molecule has 0 bridgehead atoms. The molecular formula is C23H31N6O2S+. The van der Waals surface area contributed by atoms with Gasteiger partial charge in [-0.15, -0.1) is 0 Å². The highest BCUT2D eigenvalue weighted by molar-refractivity contribution is 7.93. The summed E-state index contributed by atoms with van der Waals surface area (Å²) in [6, 6.07) is 8.31. The van der Waals surface area contributed by atoms with Crippen LogP contribution >= 0.6 is 0 Å². The molecule has 0 saturated heterocycles. The van der Waals surface area contributed by atoms with Gasteiger partial charge in [-0.1, -0.05) is 50.3 Å². The van der Waals surface area contributed by atoms with Crippen LogP contribution in [-0.2, 0) is 16.6 Å². The normalized spacial score (nSPS) is 22.6. The smallest absolute Gasteiger partial charge is 0.262 e. The third kappa shape index (κ3) is 4.96. The standard InChI is InChI=1S/C23H31N6O2S/c1-18(13-19-7-3-2-4-8-19)27-14-20-9-5-6-10-21(20)29(22-15-25-11-12-26-22)16-23(28-17-29)32(24,30)31/h5-6,9-12,15-19,27H,2-4,7-8,13-14H2,1H3,(H2,24,30,31)/q+1/t18-,29?/m0/s1. The number of hydrogen-bond acceptors (Lipinski definition) is 6. The third-order valence-electron chi connectivity index (χ3n) is 6.34. The molecule has 1 aromatic heterocycles. The SMILES string of the molecule is C[C@@H](CC1CCCCC1)NCc1ccccc1[N+]1(c2cnccn2)C=NC(S(N)(=O)=O)=C1. The third-order valence-corrected chi connectivity index (χ3v) is 7.14. The summed E-state index contributed by atoms with van der Waals surface area (Å²) in [6.07, 6.45) is 15.7. The van der Waals surface area contributed by atoms with Gasteiger partial charge in [0.15, 0.2) is 11.9 Å². The Morgan fingerprint density at radius 1 is 1.19 bits per heavy atom. The van der Waals surface area contributed by atoms with E-state index in [1.807, 2.05) is 24.3 Å². The Kier molecular flexibility index (Phi) is 6.80. The predicted molar refractivity (Wildman–Crippen MR) is 127 cm³/mol. The number of rotatable bonds is 8. The van der Waals surface area contributed by atoms with Gasteiger partial charge in [0.05, 0.1) is 6.20 Å². The summed E-state index contributed by atoms with van der Waals surface area (Å²) in [5.41, 5.74) is 1.89. The van der Waals surface area contributed by atoms with Crippen molar-refractivity contribution >= 4 is 27.9 Å². The summed E-state index contributed by atoms with van der Waals surface area (Å²) in [5, 5.41) is 8.86. The minimum atomic E-state index is -3.96. The maximum Gasteiger partial charge on any atom is 0.262 e. The van der Waals surface area contributed by atoms with Crippen molar-refractivity contribution < 1.29 is 8.42 Å². The van der Waals surface area contributed by atoms with E-state index in [1.165, 1.54) is 44.7 Å². The van der Waals surface area contributed by atoms with Crippen molar-refractivity contribution in [3.8, 4) is 0 Å². The minimum Gasteiger partial charge on any atom is -0.310 e. The Morgan fingerprint density at radius 2 is 1.97 bits per heavy atom. The summed E-state index contributed by atoms with van der Waals surface area (Å²) < 4.78 is 23.9. The Bertz CT molecular complexity index is 1100. The lowest BCUT2D eigenvalue weighted by atomic mass is 9.85. The first-order valence-corrected chi connectivity index (χ1v) is 12.7. The van der Waals surface area contributed by atoms with E-state index in [-0.39, 0.29) is 9.51 Å². The van der Waals surface area contributed by atoms with Crippen LogP contribution in [0.2, 0.25) is 0 Å². The first kappa shape index (κ1) is 22.7. The molecule has 0 radical (unpaired) electrons. The molecule has 2 aliphatic rings. The minimum absolute atomic E-state index is 0.0888. The summed E-state index contributed by atoms with van der Waals surface area (Å²) >= 11 is 0. The molecule has 1 aromatic carbocycles. The molecule has 9 heteroatoms. The number of quaternary nitrogens is 1. The first-order chi connectivity index (χ1) is 15.4. The first-order valence-electron chi connectivity index (χ1n) is 11.2. The molecule has 1 aliphatic heterocycles. The lowest BCUT2D eigenvalue weighted by Crippen LogP contribution is -2.38. The molecule has 2 heterocycles. The van der Waals surface area contributed by atoms with Gasteiger partial charge in [0, 0.05) is 30.4 Å². The van der Waals surface area contributed by atoms with E-state index in [2.05, 4.69) is 27.2 Å². The van der Waals surface area contributed by atoms with Crippen LogP contribution in [0.15, 0.2) is 59.1 Å². The molecule has 8 nitrogen and oxygen atoms in total. The molecule has 32 heavy (non-hydrogen) atoms. The molecule has 2 atom stereocenters. The Labute approximate surface area is 189 Å². The van der Waals surface area contributed by atoms with Gasteiger partial charge in [-0.2, -0.15) is 9.48 Å². The summed E-state index contributed by atoms with van der Waals surface area (Å²) in [7, 11) is -3.96. The second kappa shape index (κ2) is 9.58. The molecule has 3 N–H and O–H groups in total. The van der Waals surface area contributed by atoms with Crippen molar-refractivity contribution in [1.29, 1.82) is 0 Å². The van der Waals surface area contributed by atoms with E-state index >= 15 is 0 Å². The number of nitrogens with zero attached hydrogens (tertiary/aromatic N) is 4. The quantitative estimate of drug-likeness (QED) is 0.590. The lowest BCUT2D eigenvalue weighted by molar-refractivity contribution is 0.304. The van der Waals surface area contributed by atoms with Gasteiger partial charge in [-0.3, -0.25) is 4.98 Å². The Hall–Kier alpha value is -2.46. The van der Waals surface area contributed by atoms with Crippen molar-refractivity contribution in [3.05, 3.63) is 59.6 Å². The van der Waals surface area contributed by atoms with Crippen LogP contribution in [0.5, 0.6) is 0 Å². The molecular weight excluding hydrogens is 424 g/mol. The van der Waals surface area contributed by atoms with Gasteiger partial charge in [0.1, 0.15) is 6.20 Å². The molecule has 2 aromatic rings. The Balaban J connectivity index is 1.63. The topological polar surface area (TPSA) is 110 Å². The van der Waals surface area contributed by atoms with Crippen molar-refractivity contribution in [3.63, 3.8) is 0 Å². The van der Waals surface area contributed by atoms with Gasteiger partial charge in [0.25, 0.3) is 15.8 Å². The zero-order valence-corrected chi connectivity index (χ0v) is 19.2. The van der Waals surface area contributed by atoms with E-state index in [1.54, 1.807) is 24.9 Å². The maximum absolute atomic E-state index is 12.0. The second-order valence-corrected chi connectivity index (χ2v) is 10.3. The fourth-order valence-electron chi connectivity index (χ4n) is 4.71. The van der Waals surface area contributed by atoms with Crippen LogP contribution in [0.1, 0.15) is 51.0 Å². The van der Waals surface area contributed by atoms with E-state index < -0.39 is 10.0 Å². The van der Waals surface area contributed by atoms with Crippen LogP contribution in [0.4, 0.5) is 11.5 Å². The fraction of sp³-hybridized carbons (Fsp3) is 0.435. The number of nitrogens with one attached hydrogen (secondary N) is 1. The van der Waals surface area contributed by atoms with E-state index in [4.69, 9.17) is 5.14 Å². The molecule has 0 amide bonds. The maximum atomic E-state index is 12.0.